The van der Waals surface area contributed by atoms with Crippen molar-refractivity contribution in [3.63, 3.8) is 0 Å². The van der Waals surface area contributed by atoms with Crippen LogP contribution in [0.3, 0.4) is 0 Å². The number of piperazine rings is 1. The zero-order chi connectivity index (χ0) is 19.7. The second kappa shape index (κ2) is 8.13. The van der Waals surface area contributed by atoms with E-state index in [0.717, 1.165) is 32.5 Å². The Morgan fingerprint density at radius 1 is 1.07 bits per heavy atom. The maximum absolute atomic E-state index is 13.3. The molecule has 0 radical (unpaired) electrons. The molecule has 3 aliphatic heterocycles. The second-order valence-electron chi connectivity index (χ2n) is 8.51. The molecule has 7 heteroatoms. The number of benzene rings is 1. The molecule has 0 saturated carbocycles. The summed E-state index contributed by atoms with van der Waals surface area (Å²) >= 11 is 0. The minimum absolute atomic E-state index is 0.0928. The summed E-state index contributed by atoms with van der Waals surface area (Å²) in [6, 6.07) is 11.3. The minimum atomic E-state index is -2.94. The second-order valence-corrected chi connectivity index (χ2v) is 10.8. The Bertz CT molecular complexity index is 790. The lowest BCUT2D eigenvalue weighted by molar-refractivity contribution is -0.137. The quantitative estimate of drug-likeness (QED) is 0.741. The molecule has 3 saturated heterocycles. The zero-order valence-electron chi connectivity index (χ0n) is 16.7. The van der Waals surface area contributed by atoms with E-state index in [1.54, 1.807) is 0 Å². The largest absolute Gasteiger partial charge is 0.340 e. The fraction of sp³-hybridized carbons (Fsp3) is 0.667. The van der Waals surface area contributed by atoms with Gasteiger partial charge in [0.25, 0.3) is 0 Å². The maximum Gasteiger partial charge on any atom is 0.227 e. The Kier molecular flexibility index (Phi) is 5.76. The SMILES string of the molecule is CS(=O)(=O)CCN1CCN(C(=O)[C@@H]2C[C@H](c3ccccc3)N3CCC[C@@H]23)CC1. The first-order chi connectivity index (χ1) is 13.4. The van der Waals surface area contributed by atoms with Gasteiger partial charge in [-0.2, -0.15) is 0 Å². The average molecular weight is 406 g/mol. The lowest BCUT2D eigenvalue weighted by Crippen LogP contribution is -2.52. The van der Waals surface area contributed by atoms with E-state index in [1.807, 2.05) is 11.0 Å². The third-order valence-corrected chi connectivity index (χ3v) is 7.57. The number of amides is 1. The predicted octanol–water partition coefficient (Wildman–Crippen LogP) is 1.40. The number of sulfone groups is 1. The van der Waals surface area contributed by atoms with Crippen molar-refractivity contribution in [2.75, 3.05) is 51.3 Å². The number of hydrogen-bond acceptors (Lipinski definition) is 5. The lowest BCUT2D eigenvalue weighted by Gasteiger charge is -2.36. The molecule has 154 valence electrons. The van der Waals surface area contributed by atoms with Crippen molar-refractivity contribution in [2.45, 2.75) is 31.3 Å². The van der Waals surface area contributed by atoms with Crippen LogP contribution in [0.4, 0.5) is 0 Å². The molecule has 3 aliphatic rings. The molecule has 3 fully saturated rings. The van der Waals surface area contributed by atoms with E-state index >= 15 is 0 Å². The molecule has 3 atom stereocenters. The first-order valence-electron chi connectivity index (χ1n) is 10.4. The van der Waals surface area contributed by atoms with Crippen LogP contribution in [0.15, 0.2) is 30.3 Å². The van der Waals surface area contributed by atoms with Crippen LogP contribution in [0.2, 0.25) is 0 Å². The smallest absolute Gasteiger partial charge is 0.227 e. The maximum atomic E-state index is 13.3. The highest BCUT2D eigenvalue weighted by molar-refractivity contribution is 7.90. The molecule has 1 aromatic carbocycles. The molecule has 0 unspecified atom stereocenters. The highest BCUT2D eigenvalue weighted by atomic mass is 32.2. The van der Waals surface area contributed by atoms with E-state index in [-0.39, 0.29) is 11.7 Å². The monoisotopic (exact) mass is 405 g/mol. The van der Waals surface area contributed by atoms with Gasteiger partial charge in [0, 0.05) is 51.1 Å². The summed E-state index contributed by atoms with van der Waals surface area (Å²) in [5.74, 6) is 0.590. The standard InChI is InChI=1S/C21H31N3O3S/c1-28(26,27)15-14-22-10-12-23(13-11-22)21(25)18-16-20(17-6-3-2-4-7-17)24-9-5-8-19(18)24/h2-4,6-7,18-20H,5,8-16H2,1H3/t18-,19+,20-/m1/s1. The van der Waals surface area contributed by atoms with Gasteiger partial charge in [0.15, 0.2) is 0 Å². The van der Waals surface area contributed by atoms with Gasteiger partial charge in [0.05, 0.1) is 11.7 Å². The molecule has 4 rings (SSSR count). The molecule has 0 bridgehead atoms. The van der Waals surface area contributed by atoms with Crippen molar-refractivity contribution in [2.24, 2.45) is 5.92 Å². The van der Waals surface area contributed by atoms with Crippen molar-refractivity contribution < 1.29 is 13.2 Å². The van der Waals surface area contributed by atoms with Gasteiger partial charge in [-0.3, -0.25) is 14.6 Å². The Morgan fingerprint density at radius 2 is 1.79 bits per heavy atom. The molecular weight excluding hydrogens is 374 g/mol. The summed E-state index contributed by atoms with van der Waals surface area (Å²) in [7, 11) is -2.94. The van der Waals surface area contributed by atoms with Gasteiger partial charge in [-0.05, 0) is 31.4 Å². The van der Waals surface area contributed by atoms with Crippen LogP contribution in [0, 0.1) is 5.92 Å². The molecule has 1 amide bonds. The van der Waals surface area contributed by atoms with Crippen LogP contribution >= 0.6 is 0 Å². The Balaban J connectivity index is 1.37. The van der Waals surface area contributed by atoms with Crippen molar-refractivity contribution >= 4 is 15.7 Å². The molecule has 0 N–H and O–H groups in total. The van der Waals surface area contributed by atoms with Crippen molar-refractivity contribution in [1.29, 1.82) is 0 Å². The zero-order valence-corrected chi connectivity index (χ0v) is 17.5. The van der Waals surface area contributed by atoms with Gasteiger partial charge in [-0.15, -0.1) is 0 Å². The van der Waals surface area contributed by atoms with Crippen molar-refractivity contribution in [1.82, 2.24) is 14.7 Å². The van der Waals surface area contributed by atoms with Gasteiger partial charge in [0.1, 0.15) is 9.84 Å². The summed E-state index contributed by atoms with van der Waals surface area (Å²) in [6.45, 7) is 4.61. The number of nitrogens with zero attached hydrogens (tertiary/aromatic N) is 3. The number of carbonyl (C=O) groups is 1. The summed E-state index contributed by atoms with van der Waals surface area (Å²) in [5.41, 5.74) is 1.33. The van der Waals surface area contributed by atoms with E-state index in [2.05, 4.69) is 34.1 Å². The molecule has 0 spiro atoms. The van der Waals surface area contributed by atoms with Gasteiger partial charge in [-0.25, -0.2) is 8.42 Å². The van der Waals surface area contributed by atoms with Crippen LogP contribution in [-0.2, 0) is 14.6 Å². The molecule has 6 nitrogen and oxygen atoms in total. The third kappa shape index (κ3) is 4.26. The van der Waals surface area contributed by atoms with Crippen LogP contribution < -0.4 is 0 Å². The van der Waals surface area contributed by atoms with Crippen LogP contribution in [0.25, 0.3) is 0 Å². The summed E-state index contributed by atoms with van der Waals surface area (Å²) in [6.07, 6.45) is 4.50. The van der Waals surface area contributed by atoms with E-state index in [0.29, 0.717) is 37.6 Å². The fourth-order valence-electron chi connectivity index (χ4n) is 5.16. The third-order valence-electron chi connectivity index (χ3n) is 6.65. The van der Waals surface area contributed by atoms with Crippen LogP contribution in [0.5, 0.6) is 0 Å². The van der Waals surface area contributed by atoms with E-state index in [4.69, 9.17) is 0 Å². The molecule has 1 aromatic rings. The Morgan fingerprint density at radius 3 is 2.46 bits per heavy atom. The Labute approximate surface area is 168 Å². The number of hydrogen-bond donors (Lipinski definition) is 0. The lowest BCUT2D eigenvalue weighted by atomic mass is 9.93. The van der Waals surface area contributed by atoms with Crippen LogP contribution in [-0.4, -0.2) is 86.3 Å². The molecule has 0 aliphatic carbocycles. The molecular formula is C21H31N3O3S. The highest BCUT2D eigenvalue weighted by Gasteiger charge is 2.48. The van der Waals surface area contributed by atoms with Crippen LogP contribution in [0.1, 0.15) is 30.9 Å². The number of rotatable bonds is 5. The van der Waals surface area contributed by atoms with E-state index in [9.17, 15) is 13.2 Å². The molecule has 28 heavy (non-hydrogen) atoms. The van der Waals surface area contributed by atoms with Gasteiger partial charge in [0.2, 0.25) is 5.91 Å². The van der Waals surface area contributed by atoms with E-state index in [1.165, 1.54) is 18.2 Å². The predicted molar refractivity (Wildman–Crippen MR) is 110 cm³/mol. The average Bonchev–Trinajstić information content (AvgIpc) is 3.29. The van der Waals surface area contributed by atoms with Crippen molar-refractivity contribution in [3.8, 4) is 0 Å². The number of fused-ring (bicyclic) bond motifs is 1. The van der Waals surface area contributed by atoms with E-state index < -0.39 is 9.84 Å². The normalized spacial score (nSPS) is 29.2. The minimum Gasteiger partial charge on any atom is -0.340 e. The molecule has 0 aromatic heterocycles. The first-order valence-corrected chi connectivity index (χ1v) is 12.5. The summed E-state index contributed by atoms with van der Waals surface area (Å²) < 4.78 is 22.8. The number of carbonyl (C=O) groups excluding carboxylic acids is 1. The fourth-order valence-corrected chi connectivity index (χ4v) is 5.75. The highest BCUT2D eigenvalue weighted by Crippen LogP contribution is 2.45. The van der Waals surface area contributed by atoms with Gasteiger partial charge < -0.3 is 4.90 Å². The van der Waals surface area contributed by atoms with Gasteiger partial charge >= 0.3 is 0 Å². The summed E-state index contributed by atoms with van der Waals surface area (Å²) in [4.78, 5) is 20.1. The Hall–Kier alpha value is -1.44. The van der Waals surface area contributed by atoms with Gasteiger partial charge in [-0.1, -0.05) is 30.3 Å². The van der Waals surface area contributed by atoms with Crippen molar-refractivity contribution in [3.05, 3.63) is 35.9 Å². The molecule has 3 heterocycles. The first kappa shape index (κ1) is 19.9. The topological polar surface area (TPSA) is 60.9 Å². The summed E-state index contributed by atoms with van der Waals surface area (Å²) in [5, 5.41) is 0.